The molecule has 0 bridgehead atoms. The fourth-order valence-electron chi connectivity index (χ4n) is 2.68. The van der Waals surface area contributed by atoms with Crippen molar-refractivity contribution >= 4 is 0 Å². The molecule has 1 aromatic rings. The molecule has 1 fully saturated rings. The molecule has 1 atom stereocenters. The van der Waals surface area contributed by atoms with Crippen LogP contribution >= 0.6 is 0 Å². The van der Waals surface area contributed by atoms with Crippen LogP contribution in [0.15, 0.2) is 24.3 Å². The largest absolute Gasteiger partial charge is 0.496 e. The number of benzene rings is 1. The topological polar surface area (TPSA) is 24.5 Å². The normalized spacial score (nSPS) is 20.9. The van der Waals surface area contributed by atoms with Crippen LogP contribution in [-0.4, -0.2) is 44.7 Å². The Morgan fingerprint density at radius 3 is 3.00 bits per heavy atom. The summed E-state index contributed by atoms with van der Waals surface area (Å²) in [6, 6.07) is 8.99. The van der Waals surface area contributed by atoms with Crippen LogP contribution in [0.5, 0.6) is 5.75 Å². The second-order valence-corrected chi connectivity index (χ2v) is 4.99. The number of likely N-dealkylation sites (N-methyl/N-ethyl adjacent to an activating group) is 1. The molecule has 1 saturated heterocycles. The number of nitrogens with one attached hydrogen (secondary N) is 1. The maximum atomic E-state index is 5.40. The first kappa shape index (κ1) is 13.4. The van der Waals surface area contributed by atoms with Crippen molar-refractivity contribution in [3.05, 3.63) is 29.8 Å². The van der Waals surface area contributed by atoms with Gasteiger partial charge in [0.25, 0.3) is 0 Å². The van der Waals surface area contributed by atoms with Gasteiger partial charge in [0.1, 0.15) is 5.75 Å². The van der Waals surface area contributed by atoms with Crippen LogP contribution in [0.25, 0.3) is 0 Å². The molecule has 1 N–H and O–H groups in total. The van der Waals surface area contributed by atoms with Gasteiger partial charge in [0.15, 0.2) is 0 Å². The summed E-state index contributed by atoms with van der Waals surface area (Å²) in [6.07, 6.45) is 3.68. The van der Waals surface area contributed by atoms with Gasteiger partial charge in [0.05, 0.1) is 7.11 Å². The molecule has 0 radical (unpaired) electrons. The Bertz CT molecular complexity index is 367. The molecule has 2 rings (SSSR count). The zero-order valence-electron chi connectivity index (χ0n) is 11.5. The molecule has 0 aromatic heterocycles. The Morgan fingerprint density at radius 2 is 2.22 bits per heavy atom. The van der Waals surface area contributed by atoms with E-state index in [1.165, 1.54) is 31.5 Å². The van der Waals surface area contributed by atoms with Crippen LogP contribution in [0.4, 0.5) is 0 Å². The maximum Gasteiger partial charge on any atom is 0.122 e. The minimum Gasteiger partial charge on any atom is -0.496 e. The summed E-state index contributed by atoms with van der Waals surface area (Å²) in [5.41, 5.74) is 1.31. The number of ether oxygens (including phenoxy) is 1. The monoisotopic (exact) mass is 248 g/mol. The molecule has 1 heterocycles. The van der Waals surface area contributed by atoms with E-state index in [1.54, 1.807) is 7.11 Å². The van der Waals surface area contributed by atoms with Gasteiger partial charge in [0.2, 0.25) is 0 Å². The Morgan fingerprint density at radius 1 is 1.39 bits per heavy atom. The highest BCUT2D eigenvalue weighted by molar-refractivity contribution is 5.33. The van der Waals surface area contributed by atoms with Crippen LogP contribution in [0.2, 0.25) is 0 Å². The highest BCUT2D eigenvalue weighted by Crippen LogP contribution is 2.19. The molecular formula is C15H24N2O. The maximum absolute atomic E-state index is 5.40. The lowest BCUT2D eigenvalue weighted by Gasteiger charge is -2.32. The second kappa shape index (κ2) is 6.76. The molecule has 0 saturated carbocycles. The molecule has 0 spiro atoms. The van der Waals surface area contributed by atoms with E-state index in [0.29, 0.717) is 6.04 Å². The number of hydrogen-bond acceptors (Lipinski definition) is 3. The number of rotatable bonds is 5. The predicted molar refractivity (Wildman–Crippen MR) is 75.2 cm³/mol. The van der Waals surface area contributed by atoms with Crippen molar-refractivity contribution < 1.29 is 4.74 Å². The summed E-state index contributed by atoms with van der Waals surface area (Å²) in [5.74, 6) is 1.01. The van der Waals surface area contributed by atoms with Crippen molar-refractivity contribution in [2.24, 2.45) is 0 Å². The average molecular weight is 248 g/mol. The minimum atomic E-state index is 0.663. The van der Waals surface area contributed by atoms with Gasteiger partial charge in [-0.05, 0) is 44.5 Å². The lowest BCUT2D eigenvalue weighted by Crippen LogP contribution is -2.44. The van der Waals surface area contributed by atoms with Gasteiger partial charge < -0.3 is 15.0 Å². The molecule has 3 heteroatoms. The predicted octanol–water partition coefficient (Wildman–Crippen LogP) is 1.92. The van der Waals surface area contributed by atoms with Gasteiger partial charge in [-0.3, -0.25) is 0 Å². The number of hydrogen-bond donors (Lipinski definition) is 1. The fraction of sp³-hybridized carbons (Fsp3) is 0.600. The zero-order chi connectivity index (χ0) is 12.8. The van der Waals surface area contributed by atoms with Crippen LogP contribution in [-0.2, 0) is 6.42 Å². The van der Waals surface area contributed by atoms with Crippen molar-refractivity contribution in [2.75, 3.05) is 33.8 Å². The molecular weight excluding hydrogens is 224 g/mol. The molecule has 0 aliphatic carbocycles. The van der Waals surface area contributed by atoms with Gasteiger partial charge in [0, 0.05) is 19.1 Å². The minimum absolute atomic E-state index is 0.663. The smallest absolute Gasteiger partial charge is 0.122 e. The molecule has 3 nitrogen and oxygen atoms in total. The number of para-hydroxylation sites is 1. The summed E-state index contributed by atoms with van der Waals surface area (Å²) in [6.45, 7) is 3.53. The van der Waals surface area contributed by atoms with Crippen LogP contribution < -0.4 is 10.1 Å². The first-order valence-corrected chi connectivity index (χ1v) is 6.85. The molecule has 1 aliphatic heterocycles. The fourth-order valence-corrected chi connectivity index (χ4v) is 2.68. The van der Waals surface area contributed by atoms with Gasteiger partial charge in [-0.1, -0.05) is 18.2 Å². The lowest BCUT2D eigenvalue weighted by molar-refractivity contribution is 0.197. The van der Waals surface area contributed by atoms with Crippen molar-refractivity contribution in [2.45, 2.75) is 25.3 Å². The summed E-state index contributed by atoms with van der Waals surface area (Å²) in [7, 11) is 3.81. The quantitative estimate of drug-likeness (QED) is 0.861. The molecule has 0 amide bonds. The molecule has 0 unspecified atom stereocenters. The summed E-state index contributed by atoms with van der Waals surface area (Å²) in [4.78, 5) is 2.55. The number of piperidine rings is 1. The highest BCUT2D eigenvalue weighted by atomic mass is 16.5. The molecule has 18 heavy (non-hydrogen) atoms. The van der Waals surface area contributed by atoms with Crippen molar-refractivity contribution in [1.29, 1.82) is 0 Å². The van der Waals surface area contributed by atoms with Crippen molar-refractivity contribution in [3.63, 3.8) is 0 Å². The van der Waals surface area contributed by atoms with E-state index in [1.807, 2.05) is 12.1 Å². The Balaban J connectivity index is 1.87. The van der Waals surface area contributed by atoms with Crippen LogP contribution in [0.1, 0.15) is 18.4 Å². The summed E-state index contributed by atoms with van der Waals surface area (Å²) >= 11 is 0. The van der Waals surface area contributed by atoms with Gasteiger partial charge >= 0.3 is 0 Å². The Labute approximate surface area is 110 Å². The van der Waals surface area contributed by atoms with Crippen LogP contribution in [0.3, 0.4) is 0 Å². The first-order chi connectivity index (χ1) is 8.83. The second-order valence-electron chi connectivity index (χ2n) is 4.99. The van der Waals surface area contributed by atoms with E-state index in [9.17, 15) is 0 Å². The van der Waals surface area contributed by atoms with E-state index < -0.39 is 0 Å². The first-order valence-electron chi connectivity index (χ1n) is 6.85. The van der Waals surface area contributed by atoms with Gasteiger partial charge in [-0.15, -0.1) is 0 Å². The molecule has 1 aromatic carbocycles. The lowest BCUT2D eigenvalue weighted by atomic mass is 10.0. The van der Waals surface area contributed by atoms with E-state index in [2.05, 4.69) is 29.4 Å². The van der Waals surface area contributed by atoms with Crippen molar-refractivity contribution in [3.8, 4) is 5.75 Å². The molecule has 1 aliphatic rings. The molecule has 100 valence electrons. The zero-order valence-corrected chi connectivity index (χ0v) is 11.5. The van der Waals surface area contributed by atoms with Gasteiger partial charge in [-0.25, -0.2) is 0 Å². The van der Waals surface area contributed by atoms with Gasteiger partial charge in [-0.2, -0.15) is 0 Å². The average Bonchev–Trinajstić information content (AvgIpc) is 2.45. The highest BCUT2D eigenvalue weighted by Gasteiger charge is 2.18. The third kappa shape index (κ3) is 3.47. The Kier molecular flexibility index (Phi) is 5.02. The van der Waals surface area contributed by atoms with E-state index in [0.717, 1.165) is 18.7 Å². The van der Waals surface area contributed by atoms with E-state index >= 15 is 0 Å². The van der Waals surface area contributed by atoms with Crippen molar-refractivity contribution in [1.82, 2.24) is 10.2 Å². The third-order valence-corrected chi connectivity index (χ3v) is 3.80. The Hall–Kier alpha value is -1.06. The number of nitrogens with zero attached hydrogens (tertiary/aromatic N) is 1. The summed E-state index contributed by atoms with van der Waals surface area (Å²) in [5, 5.41) is 3.39. The third-order valence-electron chi connectivity index (χ3n) is 3.80. The standard InChI is InChI=1S/C15H24N2O/c1-16-14-7-5-10-17(12-14)11-9-13-6-3-4-8-15(13)18-2/h3-4,6,8,14,16H,5,7,9-12H2,1-2H3/t14-/m0/s1. The SMILES string of the molecule is CN[C@H]1CCCN(CCc2ccccc2OC)C1. The van der Waals surface area contributed by atoms with E-state index in [4.69, 9.17) is 4.74 Å². The van der Waals surface area contributed by atoms with Crippen LogP contribution in [0, 0.1) is 0 Å². The number of likely N-dealkylation sites (tertiary alicyclic amines) is 1. The number of methoxy groups -OCH3 is 1. The summed E-state index contributed by atoms with van der Waals surface area (Å²) < 4.78 is 5.40. The van der Waals surface area contributed by atoms with E-state index in [-0.39, 0.29) is 0 Å².